The van der Waals surface area contributed by atoms with Gasteiger partial charge in [0.1, 0.15) is 0 Å². The van der Waals surface area contributed by atoms with Crippen molar-refractivity contribution >= 4 is 35.8 Å². The minimum absolute atomic E-state index is 0. The van der Waals surface area contributed by atoms with Gasteiger partial charge in [0.05, 0.1) is 6.54 Å². The molecule has 148 valence electrons. The largest absolute Gasteiger partial charge is 0.356 e. The van der Waals surface area contributed by atoms with Crippen LogP contribution in [-0.2, 0) is 11.3 Å². The molecule has 0 aromatic heterocycles. The first kappa shape index (κ1) is 24.7. The molecule has 0 heterocycles. The van der Waals surface area contributed by atoms with Gasteiger partial charge in [-0.3, -0.25) is 9.79 Å². The summed E-state index contributed by atoms with van der Waals surface area (Å²) in [5.74, 6) is 0.604. The van der Waals surface area contributed by atoms with Crippen LogP contribution in [-0.4, -0.2) is 56.0 Å². The molecule has 0 saturated carbocycles. The van der Waals surface area contributed by atoms with Gasteiger partial charge in [-0.1, -0.05) is 30.3 Å². The van der Waals surface area contributed by atoms with E-state index >= 15 is 0 Å². The van der Waals surface area contributed by atoms with Gasteiger partial charge in [0.2, 0.25) is 5.91 Å². The fourth-order valence-electron chi connectivity index (χ4n) is 2.38. The molecule has 7 heteroatoms. The Kier molecular flexibility index (Phi) is 12.2. The maximum atomic E-state index is 11.8. The molecule has 1 rings (SSSR count). The highest BCUT2D eigenvalue weighted by atomic mass is 127. The van der Waals surface area contributed by atoms with E-state index in [1.807, 2.05) is 26.8 Å². The lowest BCUT2D eigenvalue weighted by Gasteiger charge is -2.21. The van der Waals surface area contributed by atoms with Gasteiger partial charge in [0, 0.05) is 25.7 Å². The normalized spacial score (nSPS) is 11.7. The van der Waals surface area contributed by atoms with E-state index in [2.05, 4.69) is 57.2 Å². The van der Waals surface area contributed by atoms with Crippen molar-refractivity contribution in [1.29, 1.82) is 0 Å². The van der Waals surface area contributed by atoms with Gasteiger partial charge in [-0.2, -0.15) is 0 Å². The van der Waals surface area contributed by atoms with Gasteiger partial charge in [0.15, 0.2) is 5.96 Å². The van der Waals surface area contributed by atoms with Crippen molar-refractivity contribution in [2.45, 2.75) is 39.3 Å². The first-order chi connectivity index (χ1) is 11.8. The SMILES string of the molecule is CN=C(NCCCN(C)Cc1ccccc1)NCC(=O)NC(C)(C)C.I. The van der Waals surface area contributed by atoms with Crippen molar-refractivity contribution in [3.63, 3.8) is 0 Å². The molecule has 0 spiro atoms. The summed E-state index contributed by atoms with van der Waals surface area (Å²) in [6.45, 7) is 8.84. The summed E-state index contributed by atoms with van der Waals surface area (Å²) >= 11 is 0. The van der Waals surface area contributed by atoms with E-state index < -0.39 is 0 Å². The lowest BCUT2D eigenvalue weighted by molar-refractivity contribution is -0.121. The van der Waals surface area contributed by atoms with E-state index in [1.165, 1.54) is 5.56 Å². The van der Waals surface area contributed by atoms with Crippen molar-refractivity contribution in [2.24, 2.45) is 4.99 Å². The highest BCUT2D eigenvalue weighted by Crippen LogP contribution is 2.02. The smallest absolute Gasteiger partial charge is 0.239 e. The summed E-state index contributed by atoms with van der Waals surface area (Å²) < 4.78 is 0. The van der Waals surface area contributed by atoms with E-state index in [0.29, 0.717) is 5.96 Å². The molecule has 3 N–H and O–H groups in total. The monoisotopic (exact) mass is 475 g/mol. The van der Waals surface area contributed by atoms with E-state index in [4.69, 9.17) is 0 Å². The van der Waals surface area contributed by atoms with Crippen LogP contribution in [0, 0.1) is 0 Å². The van der Waals surface area contributed by atoms with Crippen molar-refractivity contribution in [3.05, 3.63) is 35.9 Å². The Hall–Kier alpha value is -1.35. The Morgan fingerprint density at radius 3 is 2.38 bits per heavy atom. The summed E-state index contributed by atoms with van der Waals surface area (Å²) in [5.41, 5.74) is 1.10. The Bertz CT molecular complexity index is 543. The summed E-state index contributed by atoms with van der Waals surface area (Å²) in [6.07, 6.45) is 0.998. The molecule has 6 nitrogen and oxygen atoms in total. The van der Waals surface area contributed by atoms with E-state index in [0.717, 1.165) is 26.1 Å². The molecule has 26 heavy (non-hydrogen) atoms. The zero-order chi connectivity index (χ0) is 18.7. The molecular weight excluding hydrogens is 441 g/mol. The number of halogens is 1. The summed E-state index contributed by atoms with van der Waals surface area (Å²) in [4.78, 5) is 18.2. The van der Waals surface area contributed by atoms with Crippen LogP contribution in [0.4, 0.5) is 0 Å². The molecule has 0 saturated heterocycles. The average Bonchev–Trinajstić information content (AvgIpc) is 2.53. The number of hydrogen-bond donors (Lipinski definition) is 3. The molecule has 0 fully saturated rings. The van der Waals surface area contributed by atoms with Crippen molar-refractivity contribution < 1.29 is 4.79 Å². The fraction of sp³-hybridized carbons (Fsp3) is 0.579. The highest BCUT2D eigenvalue weighted by molar-refractivity contribution is 14.0. The van der Waals surface area contributed by atoms with E-state index in [-0.39, 0.29) is 42.0 Å². The maximum absolute atomic E-state index is 11.8. The lowest BCUT2D eigenvalue weighted by atomic mass is 10.1. The molecule has 0 aliphatic rings. The lowest BCUT2D eigenvalue weighted by Crippen LogP contribution is -2.48. The molecule has 0 aliphatic heterocycles. The zero-order valence-electron chi connectivity index (χ0n) is 16.6. The predicted octanol–water partition coefficient (Wildman–Crippen LogP) is 2.21. The van der Waals surface area contributed by atoms with Crippen LogP contribution in [0.5, 0.6) is 0 Å². The molecule has 0 atom stereocenters. The van der Waals surface area contributed by atoms with Crippen LogP contribution in [0.25, 0.3) is 0 Å². The number of aliphatic imine (C=N–C) groups is 1. The van der Waals surface area contributed by atoms with E-state index in [1.54, 1.807) is 7.05 Å². The van der Waals surface area contributed by atoms with Crippen LogP contribution in [0.15, 0.2) is 35.3 Å². The third-order valence-electron chi connectivity index (χ3n) is 3.46. The highest BCUT2D eigenvalue weighted by Gasteiger charge is 2.13. The van der Waals surface area contributed by atoms with Crippen LogP contribution in [0.2, 0.25) is 0 Å². The number of carbonyl (C=O) groups is 1. The Balaban J connectivity index is 0.00000625. The number of benzene rings is 1. The molecule has 0 aliphatic carbocycles. The zero-order valence-corrected chi connectivity index (χ0v) is 19.0. The second-order valence-electron chi connectivity index (χ2n) is 7.23. The minimum Gasteiger partial charge on any atom is -0.356 e. The third-order valence-corrected chi connectivity index (χ3v) is 3.46. The minimum atomic E-state index is -0.223. The maximum Gasteiger partial charge on any atom is 0.239 e. The van der Waals surface area contributed by atoms with Crippen molar-refractivity contribution in [3.8, 4) is 0 Å². The molecule has 1 aromatic carbocycles. The molecule has 0 bridgehead atoms. The predicted molar refractivity (Wildman–Crippen MR) is 120 cm³/mol. The van der Waals surface area contributed by atoms with Crippen molar-refractivity contribution in [1.82, 2.24) is 20.9 Å². The standard InChI is InChI=1S/C19H33N5O.HI/c1-19(2,3)23-17(25)14-22-18(20-4)21-12-9-13-24(5)15-16-10-7-6-8-11-16;/h6-8,10-11H,9,12-15H2,1-5H3,(H,23,25)(H2,20,21,22);1H. The molecular formula is C19H34IN5O. The average molecular weight is 475 g/mol. The van der Waals surface area contributed by atoms with Crippen LogP contribution in [0.1, 0.15) is 32.8 Å². The number of amides is 1. The van der Waals surface area contributed by atoms with E-state index in [9.17, 15) is 4.79 Å². The first-order valence-electron chi connectivity index (χ1n) is 8.78. The van der Waals surface area contributed by atoms with Crippen LogP contribution < -0.4 is 16.0 Å². The number of nitrogens with one attached hydrogen (secondary N) is 3. The third kappa shape index (κ3) is 12.1. The number of rotatable bonds is 8. The van der Waals surface area contributed by atoms with Crippen LogP contribution in [0.3, 0.4) is 0 Å². The van der Waals surface area contributed by atoms with Gasteiger partial charge >= 0.3 is 0 Å². The number of hydrogen-bond acceptors (Lipinski definition) is 3. The van der Waals surface area contributed by atoms with Gasteiger partial charge < -0.3 is 20.9 Å². The molecule has 0 radical (unpaired) electrons. The Labute approximate surface area is 175 Å². The first-order valence-corrected chi connectivity index (χ1v) is 8.78. The Morgan fingerprint density at radius 1 is 1.15 bits per heavy atom. The quantitative estimate of drug-likeness (QED) is 0.234. The number of guanidine groups is 1. The molecule has 1 amide bonds. The van der Waals surface area contributed by atoms with Gasteiger partial charge in [-0.15, -0.1) is 24.0 Å². The van der Waals surface area contributed by atoms with Crippen molar-refractivity contribution in [2.75, 3.05) is 33.7 Å². The number of nitrogens with zero attached hydrogens (tertiary/aromatic N) is 2. The summed E-state index contributed by atoms with van der Waals surface area (Å²) in [5, 5.41) is 9.19. The second kappa shape index (κ2) is 12.9. The summed E-state index contributed by atoms with van der Waals surface area (Å²) in [7, 11) is 3.83. The van der Waals surface area contributed by atoms with Crippen LogP contribution >= 0.6 is 24.0 Å². The topological polar surface area (TPSA) is 68.8 Å². The van der Waals surface area contributed by atoms with Gasteiger partial charge in [-0.05, 0) is 46.3 Å². The van der Waals surface area contributed by atoms with Gasteiger partial charge in [0.25, 0.3) is 0 Å². The fourth-order valence-corrected chi connectivity index (χ4v) is 2.38. The Morgan fingerprint density at radius 2 is 1.81 bits per heavy atom. The number of carbonyl (C=O) groups excluding carboxylic acids is 1. The molecule has 0 unspecified atom stereocenters. The van der Waals surface area contributed by atoms with Gasteiger partial charge in [-0.25, -0.2) is 0 Å². The second-order valence-corrected chi connectivity index (χ2v) is 7.23. The molecule has 1 aromatic rings. The summed E-state index contributed by atoms with van der Waals surface area (Å²) in [6, 6.07) is 10.5.